The van der Waals surface area contributed by atoms with Gasteiger partial charge < -0.3 is 15.1 Å². The lowest BCUT2D eigenvalue weighted by Crippen LogP contribution is -2.29. The summed E-state index contributed by atoms with van der Waals surface area (Å²) in [6.45, 7) is 1.00. The summed E-state index contributed by atoms with van der Waals surface area (Å²) in [5.41, 5.74) is 1.59. The second kappa shape index (κ2) is 8.47. The molecule has 9 heteroatoms. The van der Waals surface area contributed by atoms with E-state index in [0.717, 1.165) is 5.69 Å². The summed E-state index contributed by atoms with van der Waals surface area (Å²) < 4.78 is 0. The van der Waals surface area contributed by atoms with Gasteiger partial charge in [-0.15, -0.1) is 15.3 Å². The number of aromatic amines is 1. The first-order chi connectivity index (χ1) is 10.8. The third-order valence-electron chi connectivity index (χ3n) is 2.85. The fraction of sp³-hybridized carbons (Fsp3) is 0.385. The Hall–Kier alpha value is -1.97. The Morgan fingerprint density at radius 3 is 2.36 bits per heavy atom. The molecule has 0 aliphatic rings. The van der Waals surface area contributed by atoms with Crippen LogP contribution in [-0.2, 0) is 0 Å². The maximum atomic E-state index is 9.04. The van der Waals surface area contributed by atoms with E-state index < -0.39 is 0 Å². The van der Waals surface area contributed by atoms with Gasteiger partial charge in [-0.05, 0) is 30.5 Å². The summed E-state index contributed by atoms with van der Waals surface area (Å²) in [6, 6.07) is 7.36. The van der Waals surface area contributed by atoms with Crippen LogP contribution in [-0.4, -0.2) is 58.0 Å². The molecule has 1 aromatic heterocycles. The molecule has 1 heterocycles. The number of benzene rings is 1. The summed E-state index contributed by atoms with van der Waals surface area (Å²) in [5, 5.41) is 33.4. The monoisotopic (exact) mass is 322 g/mol. The van der Waals surface area contributed by atoms with Gasteiger partial charge in [-0.25, -0.2) is 5.10 Å². The number of azo groups is 1. The molecule has 0 saturated carbocycles. The normalized spacial score (nSPS) is 11.2. The Bertz CT molecular complexity index is 595. The van der Waals surface area contributed by atoms with E-state index in [0.29, 0.717) is 29.9 Å². The molecule has 0 amide bonds. The van der Waals surface area contributed by atoms with Gasteiger partial charge in [-0.3, -0.25) is 0 Å². The van der Waals surface area contributed by atoms with Gasteiger partial charge in [0.05, 0.1) is 18.9 Å². The fourth-order valence-electron chi connectivity index (χ4n) is 1.82. The van der Waals surface area contributed by atoms with Crippen LogP contribution in [0.25, 0.3) is 0 Å². The Kier molecular flexibility index (Phi) is 6.31. The number of thioether (sulfide) groups is 1. The zero-order valence-corrected chi connectivity index (χ0v) is 13.0. The molecule has 118 valence electrons. The minimum Gasteiger partial charge on any atom is -0.395 e. The van der Waals surface area contributed by atoms with Crippen molar-refractivity contribution in [1.29, 1.82) is 0 Å². The number of hydrogen-bond donors (Lipinski definition) is 3. The number of nitrogens with zero attached hydrogens (tertiary/aromatic N) is 5. The molecule has 0 unspecified atom stereocenters. The van der Waals surface area contributed by atoms with Crippen molar-refractivity contribution < 1.29 is 10.2 Å². The molecule has 0 radical (unpaired) electrons. The molecule has 0 aliphatic carbocycles. The molecule has 22 heavy (non-hydrogen) atoms. The van der Waals surface area contributed by atoms with Crippen LogP contribution in [0.1, 0.15) is 0 Å². The second-order valence-electron chi connectivity index (χ2n) is 4.30. The second-order valence-corrected chi connectivity index (χ2v) is 5.07. The van der Waals surface area contributed by atoms with E-state index in [1.54, 1.807) is 0 Å². The van der Waals surface area contributed by atoms with E-state index >= 15 is 0 Å². The van der Waals surface area contributed by atoms with Gasteiger partial charge in [0.1, 0.15) is 0 Å². The standard InChI is InChI=1S/C13H18N6O2S/c1-22-13-14-12(17-18-13)16-15-10-2-4-11(5-3-10)19(6-8-20)7-9-21/h2-5,20-21H,6-9H2,1H3,(H,14,17,18). The SMILES string of the molecule is CSc1n[nH]c(N=Nc2ccc(N(CCO)CCO)cc2)n1. The van der Waals surface area contributed by atoms with Crippen molar-refractivity contribution in [2.75, 3.05) is 37.5 Å². The molecule has 2 aromatic rings. The van der Waals surface area contributed by atoms with E-state index in [9.17, 15) is 0 Å². The summed E-state index contributed by atoms with van der Waals surface area (Å²) in [4.78, 5) is 6.00. The summed E-state index contributed by atoms with van der Waals surface area (Å²) in [6.07, 6.45) is 1.88. The molecule has 1 aromatic carbocycles. The van der Waals surface area contributed by atoms with Crippen molar-refractivity contribution >= 4 is 29.1 Å². The molecule has 3 N–H and O–H groups in total. The van der Waals surface area contributed by atoms with Crippen molar-refractivity contribution in [2.24, 2.45) is 10.2 Å². The van der Waals surface area contributed by atoms with Crippen molar-refractivity contribution in [3.05, 3.63) is 24.3 Å². The molecule has 0 fully saturated rings. The van der Waals surface area contributed by atoms with Gasteiger partial charge in [0.2, 0.25) is 5.16 Å². The highest BCUT2D eigenvalue weighted by atomic mass is 32.2. The highest BCUT2D eigenvalue weighted by Crippen LogP contribution is 2.21. The van der Waals surface area contributed by atoms with Gasteiger partial charge in [0.15, 0.2) is 0 Å². The number of hydrogen-bond acceptors (Lipinski definition) is 8. The summed E-state index contributed by atoms with van der Waals surface area (Å²) >= 11 is 1.42. The lowest BCUT2D eigenvalue weighted by atomic mass is 10.2. The average molecular weight is 322 g/mol. The van der Waals surface area contributed by atoms with Gasteiger partial charge in [-0.2, -0.15) is 4.98 Å². The van der Waals surface area contributed by atoms with Crippen LogP contribution in [0.15, 0.2) is 39.7 Å². The molecule has 0 atom stereocenters. The van der Waals surface area contributed by atoms with Crippen molar-refractivity contribution in [1.82, 2.24) is 15.2 Å². The molecule has 2 rings (SSSR count). The van der Waals surface area contributed by atoms with Crippen LogP contribution in [0, 0.1) is 0 Å². The molecular formula is C13H18N6O2S. The largest absolute Gasteiger partial charge is 0.395 e. The minimum absolute atomic E-state index is 0.0325. The quantitative estimate of drug-likeness (QED) is 0.504. The first-order valence-corrected chi connectivity index (χ1v) is 7.94. The number of nitrogens with one attached hydrogen (secondary N) is 1. The van der Waals surface area contributed by atoms with E-state index in [1.165, 1.54) is 11.8 Å². The minimum atomic E-state index is 0.0325. The Labute approximate surface area is 132 Å². The van der Waals surface area contributed by atoms with Crippen LogP contribution < -0.4 is 4.90 Å². The number of anilines is 1. The number of rotatable bonds is 8. The van der Waals surface area contributed by atoms with Crippen LogP contribution in [0.3, 0.4) is 0 Å². The topological polar surface area (TPSA) is 110 Å². The molecule has 0 aliphatic heterocycles. The number of aliphatic hydroxyl groups excluding tert-OH is 2. The Morgan fingerprint density at radius 1 is 1.14 bits per heavy atom. The van der Waals surface area contributed by atoms with Gasteiger partial charge in [-0.1, -0.05) is 11.8 Å². The third kappa shape index (κ3) is 4.52. The highest BCUT2D eigenvalue weighted by Gasteiger charge is 2.05. The average Bonchev–Trinajstić information content (AvgIpc) is 3.01. The van der Waals surface area contributed by atoms with Crippen molar-refractivity contribution in [3.8, 4) is 0 Å². The van der Waals surface area contributed by atoms with Crippen LogP contribution >= 0.6 is 11.8 Å². The molecule has 0 saturated heterocycles. The Morgan fingerprint density at radius 2 is 1.82 bits per heavy atom. The predicted molar refractivity (Wildman–Crippen MR) is 85.2 cm³/mol. The molecule has 0 bridgehead atoms. The lowest BCUT2D eigenvalue weighted by molar-refractivity contribution is 0.281. The first kappa shape index (κ1) is 16.4. The Balaban J connectivity index is 2.04. The zero-order chi connectivity index (χ0) is 15.8. The van der Waals surface area contributed by atoms with E-state index in [-0.39, 0.29) is 13.2 Å². The highest BCUT2D eigenvalue weighted by molar-refractivity contribution is 7.98. The predicted octanol–water partition coefficient (Wildman–Crippen LogP) is 1.73. The summed E-state index contributed by atoms with van der Waals surface area (Å²) in [5.74, 6) is 0.357. The lowest BCUT2D eigenvalue weighted by Gasteiger charge is -2.22. The van der Waals surface area contributed by atoms with Gasteiger partial charge in [0.25, 0.3) is 5.95 Å². The van der Waals surface area contributed by atoms with E-state index in [2.05, 4.69) is 25.4 Å². The zero-order valence-electron chi connectivity index (χ0n) is 12.2. The van der Waals surface area contributed by atoms with E-state index in [4.69, 9.17) is 10.2 Å². The van der Waals surface area contributed by atoms with Gasteiger partial charge >= 0.3 is 0 Å². The fourth-order valence-corrected chi connectivity index (χ4v) is 2.14. The first-order valence-electron chi connectivity index (χ1n) is 6.71. The number of H-pyrrole nitrogens is 1. The van der Waals surface area contributed by atoms with Crippen LogP contribution in [0.4, 0.5) is 17.3 Å². The molecular weight excluding hydrogens is 304 g/mol. The van der Waals surface area contributed by atoms with Crippen molar-refractivity contribution in [3.63, 3.8) is 0 Å². The maximum absolute atomic E-state index is 9.04. The van der Waals surface area contributed by atoms with Crippen molar-refractivity contribution in [2.45, 2.75) is 5.16 Å². The number of aromatic nitrogens is 3. The summed E-state index contributed by atoms with van der Waals surface area (Å²) in [7, 11) is 0. The maximum Gasteiger partial charge on any atom is 0.265 e. The van der Waals surface area contributed by atoms with Crippen LogP contribution in [0.2, 0.25) is 0 Å². The smallest absolute Gasteiger partial charge is 0.265 e. The number of aliphatic hydroxyl groups is 2. The molecule has 0 spiro atoms. The van der Waals surface area contributed by atoms with E-state index in [1.807, 2.05) is 35.4 Å². The van der Waals surface area contributed by atoms with Gasteiger partial charge in [0, 0.05) is 18.8 Å². The van der Waals surface area contributed by atoms with Crippen LogP contribution in [0.5, 0.6) is 0 Å². The molecule has 8 nitrogen and oxygen atoms in total. The third-order valence-corrected chi connectivity index (χ3v) is 3.40.